The van der Waals surface area contributed by atoms with Gasteiger partial charge in [0, 0.05) is 24.3 Å². The largest absolute Gasteiger partial charge is 0.508 e. The molecule has 4 rings (SSSR count). The first kappa shape index (κ1) is 21.6. The van der Waals surface area contributed by atoms with Crippen molar-refractivity contribution in [3.05, 3.63) is 71.0 Å². The lowest BCUT2D eigenvalue weighted by Gasteiger charge is -2.26. The quantitative estimate of drug-likeness (QED) is 0.528. The van der Waals surface area contributed by atoms with E-state index in [9.17, 15) is 14.7 Å². The van der Waals surface area contributed by atoms with Crippen LogP contribution in [0.4, 0.5) is 17.3 Å². The Kier molecular flexibility index (Phi) is 6.51. The number of carbonyl (C=O) groups is 2. The van der Waals surface area contributed by atoms with Crippen LogP contribution in [0.3, 0.4) is 0 Å². The van der Waals surface area contributed by atoms with Gasteiger partial charge in [-0.15, -0.1) is 0 Å². The van der Waals surface area contributed by atoms with E-state index in [1.165, 1.54) is 37.0 Å². The van der Waals surface area contributed by atoms with Gasteiger partial charge in [-0.1, -0.05) is 11.6 Å². The fourth-order valence-electron chi connectivity index (χ4n) is 3.45. The third kappa shape index (κ3) is 5.15. The summed E-state index contributed by atoms with van der Waals surface area (Å²) in [5.74, 6) is -0.143. The van der Waals surface area contributed by atoms with Crippen molar-refractivity contribution in [2.75, 3.05) is 23.7 Å². The first-order valence-electron chi connectivity index (χ1n) is 10.3. The van der Waals surface area contributed by atoms with Gasteiger partial charge in [-0.2, -0.15) is 0 Å². The zero-order valence-electron chi connectivity index (χ0n) is 17.2. The summed E-state index contributed by atoms with van der Waals surface area (Å²) in [5, 5.41) is 15.5. The maximum atomic E-state index is 12.6. The van der Waals surface area contributed by atoms with Gasteiger partial charge in [-0.25, -0.2) is 9.97 Å². The average molecular weight is 452 g/mol. The number of anilines is 3. The zero-order valence-corrected chi connectivity index (χ0v) is 18.0. The number of phenols is 1. The van der Waals surface area contributed by atoms with Crippen molar-refractivity contribution in [2.24, 2.45) is 0 Å². The molecule has 32 heavy (non-hydrogen) atoms. The Morgan fingerprint density at radius 3 is 2.31 bits per heavy atom. The molecule has 8 nitrogen and oxygen atoms in total. The van der Waals surface area contributed by atoms with Crippen LogP contribution < -0.4 is 10.6 Å². The van der Waals surface area contributed by atoms with Gasteiger partial charge in [-0.3, -0.25) is 9.59 Å². The van der Waals surface area contributed by atoms with Gasteiger partial charge in [0.15, 0.2) is 0 Å². The summed E-state index contributed by atoms with van der Waals surface area (Å²) in [4.78, 5) is 35.2. The SMILES string of the molecule is O=C(Nc1cnc(Nc2ccc(C(=O)N3CCCCC3)cc2)nc1)c1cc(O)ccc1Cl. The number of nitrogens with one attached hydrogen (secondary N) is 2. The number of aromatic hydroxyl groups is 1. The molecule has 1 aromatic heterocycles. The monoisotopic (exact) mass is 451 g/mol. The summed E-state index contributed by atoms with van der Waals surface area (Å²) >= 11 is 6.01. The Labute approximate surface area is 190 Å². The Bertz CT molecular complexity index is 1110. The van der Waals surface area contributed by atoms with Crippen LogP contribution in [0.5, 0.6) is 5.75 Å². The molecule has 2 aromatic carbocycles. The Morgan fingerprint density at radius 1 is 0.938 bits per heavy atom. The summed E-state index contributed by atoms with van der Waals surface area (Å²) in [7, 11) is 0. The number of rotatable bonds is 5. The third-order valence-corrected chi connectivity index (χ3v) is 5.47. The fraction of sp³-hybridized carbons (Fsp3) is 0.217. The lowest BCUT2D eigenvalue weighted by Crippen LogP contribution is -2.35. The predicted octanol–water partition coefficient (Wildman–Crippen LogP) is 4.46. The second-order valence-electron chi connectivity index (χ2n) is 7.47. The van der Waals surface area contributed by atoms with Gasteiger partial charge in [0.1, 0.15) is 5.75 Å². The molecule has 164 valence electrons. The van der Waals surface area contributed by atoms with E-state index in [4.69, 9.17) is 11.6 Å². The number of benzene rings is 2. The molecule has 1 aliphatic rings. The number of likely N-dealkylation sites (tertiary alicyclic amines) is 1. The molecule has 1 aliphatic heterocycles. The summed E-state index contributed by atoms with van der Waals surface area (Å²) in [6.07, 6.45) is 6.20. The maximum absolute atomic E-state index is 12.6. The predicted molar refractivity (Wildman–Crippen MR) is 123 cm³/mol. The zero-order chi connectivity index (χ0) is 22.5. The van der Waals surface area contributed by atoms with Crippen LogP contribution in [-0.2, 0) is 0 Å². The van der Waals surface area contributed by atoms with E-state index in [-0.39, 0.29) is 22.2 Å². The number of hydrogen-bond donors (Lipinski definition) is 3. The van der Waals surface area contributed by atoms with Crippen molar-refractivity contribution in [1.82, 2.24) is 14.9 Å². The Morgan fingerprint density at radius 2 is 1.62 bits per heavy atom. The van der Waals surface area contributed by atoms with E-state index in [0.717, 1.165) is 31.6 Å². The molecule has 9 heteroatoms. The van der Waals surface area contributed by atoms with Gasteiger partial charge in [0.25, 0.3) is 11.8 Å². The lowest BCUT2D eigenvalue weighted by atomic mass is 10.1. The smallest absolute Gasteiger partial charge is 0.257 e. The summed E-state index contributed by atoms with van der Waals surface area (Å²) in [5.41, 5.74) is 1.92. The molecule has 3 aromatic rings. The van der Waals surface area contributed by atoms with Gasteiger partial charge >= 0.3 is 0 Å². The second kappa shape index (κ2) is 9.65. The molecule has 0 radical (unpaired) electrons. The first-order valence-corrected chi connectivity index (χ1v) is 10.7. The Hall–Kier alpha value is -3.65. The van der Waals surface area contributed by atoms with Gasteiger partial charge < -0.3 is 20.6 Å². The molecule has 0 spiro atoms. The van der Waals surface area contributed by atoms with Crippen molar-refractivity contribution in [3.63, 3.8) is 0 Å². The molecular weight excluding hydrogens is 430 g/mol. The summed E-state index contributed by atoms with van der Waals surface area (Å²) in [6.45, 7) is 1.63. The highest BCUT2D eigenvalue weighted by Crippen LogP contribution is 2.22. The lowest BCUT2D eigenvalue weighted by molar-refractivity contribution is 0.0724. The standard InChI is InChI=1S/C23H22ClN5O3/c24-20-9-8-18(30)12-19(20)21(31)27-17-13-25-23(26-14-17)28-16-6-4-15(5-7-16)22(32)29-10-2-1-3-11-29/h4-9,12-14,30H,1-3,10-11H2,(H,27,31)(H,25,26,28). The highest BCUT2D eigenvalue weighted by molar-refractivity contribution is 6.34. The van der Waals surface area contributed by atoms with Crippen LogP contribution in [0.1, 0.15) is 40.0 Å². The number of aromatic nitrogens is 2. The number of piperidine rings is 1. The van der Waals surface area contributed by atoms with Gasteiger partial charge in [-0.05, 0) is 61.7 Å². The van der Waals surface area contributed by atoms with E-state index in [0.29, 0.717) is 17.2 Å². The molecule has 1 saturated heterocycles. The van der Waals surface area contributed by atoms with Crippen molar-refractivity contribution in [2.45, 2.75) is 19.3 Å². The van der Waals surface area contributed by atoms with Crippen LogP contribution in [0, 0.1) is 0 Å². The molecule has 0 atom stereocenters. The number of amides is 2. The number of hydrogen-bond acceptors (Lipinski definition) is 6. The molecule has 2 heterocycles. The van der Waals surface area contributed by atoms with Crippen molar-refractivity contribution < 1.29 is 14.7 Å². The molecule has 0 bridgehead atoms. The molecule has 3 N–H and O–H groups in total. The average Bonchev–Trinajstić information content (AvgIpc) is 2.82. The molecule has 0 unspecified atom stereocenters. The molecule has 0 aliphatic carbocycles. The van der Waals surface area contributed by atoms with Crippen LogP contribution in [0.2, 0.25) is 5.02 Å². The molecular formula is C23H22ClN5O3. The van der Waals surface area contributed by atoms with Crippen LogP contribution in [0.25, 0.3) is 0 Å². The molecule has 1 fully saturated rings. The van der Waals surface area contributed by atoms with Crippen LogP contribution in [0.15, 0.2) is 54.9 Å². The minimum Gasteiger partial charge on any atom is -0.508 e. The number of halogens is 1. The second-order valence-corrected chi connectivity index (χ2v) is 7.88. The summed E-state index contributed by atoms with van der Waals surface area (Å²) < 4.78 is 0. The minimum atomic E-state index is -0.482. The highest BCUT2D eigenvalue weighted by Gasteiger charge is 2.18. The van der Waals surface area contributed by atoms with E-state index < -0.39 is 5.91 Å². The number of carbonyl (C=O) groups excluding carboxylic acids is 2. The highest BCUT2D eigenvalue weighted by atomic mass is 35.5. The minimum absolute atomic E-state index is 0.0550. The topological polar surface area (TPSA) is 107 Å². The normalized spacial score (nSPS) is 13.5. The van der Waals surface area contributed by atoms with E-state index in [1.54, 1.807) is 24.3 Å². The first-order chi connectivity index (χ1) is 15.5. The van der Waals surface area contributed by atoms with E-state index >= 15 is 0 Å². The Balaban J connectivity index is 1.36. The number of nitrogens with zero attached hydrogens (tertiary/aromatic N) is 3. The third-order valence-electron chi connectivity index (χ3n) is 5.14. The number of phenolic OH excluding ortho intramolecular Hbond substituents is 1. The van der Waals surface area contributed by atoms with Gasteiger partial charge in [0.2, 0.25) is 5.95 Å². The van der Waals surface area contributed by atoms with E-state index in [1.807, 2.05) is 4.90 Å². The molecule has 2 amide bonds. The van der Waals surface area contributed by atoms with Crippen LogP contribution in [-0.4, -0.2) is 44.9 Å². The molecule has 0 saturated carbocycles. The van der Waals surface area contributed by atoms with Crippen molar-refractivity contribution in [3.8, 4) is 5.75 Å². The maximum Gasteiger partial charge on any atom is 0.257 e. The van der Waals surface area contributed by atoms with Gasteiger partial charge in [0.05, 0.1) is 28.7 Å². The summed E-state index contributed by atoms with van der Waals surface area (Å²) in [6, 6.07) is 11.3. The van der Waals surface area contributed by atoms with E-state index in [2.05, 4.69) is 20.6 Å². The fourth-order valence-corrected chi connectivity index (χ4v) is 3.65. The van der Waals surface area contributed by atoms with Crippen molar-refractivity contribution >= 4 is 40.7 Å². The van der Waals surface area contributed by atoms with Crippen molar-refractivity contribution in [1.29, 1.82) is 0 Å². The van der Waals surface area contributed by atoms with Crippen LogP contribution >= 0.6 is 11.6 Å².